The molecule has 1 heterocycles. The summed E-state index contributed by atoms with van der Waals surface area (Å²) in [6.45, 7) is 0. The third-order valence-electron chi connectivity index (χ3n) is 1.42. The monoisotopic (exact) mass is 152 g/mol. The minimum atomic E-state index is -1.18. The fourth-order valence-corrected chi connectivity index (χ4v) is 0.908. The second kappa shape index (κ2) is 2.61. The lowest BCUT2D eigenvalue weighted by Crippen LogP contribution is -2.10. The number of carboxylic acid groups (broad SMARTS) is 2. The van der Waals surface area contributed by atoms with Crippen molar-refractivity contribution in [3.05, 3.63) is 23.1 Å². The molecule has 0 saturated heterocycles. The maximum absolute atomic E-state index is 10.4. The summed E-state index contributed by atoms with van der Waals surface area (Å²) in [5, 5.41) is 16.9. The Bertz CT molecular complexity index is 276. The summed E-state index contributed by atoms with van der Waals surface area (Å²) in [6.07, 6.45) is 1.31. The van der Waals surface area contributed by atoms with E-state index in [2.05, 4.69) is 0 Å². The van der Waals surface area contributed by atoms with Crippen molar-refractivity contribution in [3.8, 4) is 0 Å². The van der Waals surface area contributed by atoms with Crippen LogP contribution < -0.4 is 0 Å². The molecule has 0 bridgehead atoms. The highest BCUT2D eigenvalue weighted by molar-refractivity contribution is 6.60. The molecule has 0 fully saturated rings. The van der Waals surface area contributed by atoms with E-state index in [9.17, 15) is 9.59 Å². The minimum Gasteiger partial charge on any atom is -0.478 e. The predicted octanol–water partition coefficient (Wildman–Crippen LogP) is -0.626. The zero-order valence-corrected chi connectivity index (χ0v) is 5.57. The van der Waals surface area contributed by atoms with Crippen molar-refractivity contribution in [2.24, 2.45) is 0 Å². The SMILES string of the molecule is O=C(O)C1=C(C(=O)O)C=CB1. The van der Waals surface area contributed by atoms with Crippen molar-refractivity contribution >= 4 is 19.2 Å². The molecule has 0 aromatic rings. The van der Waals surface area contributed by atoms with Crippen LogP contribution >= 0.6 is 0 Å². The maximum Gasteiger partial charge on any atom is 0.335 e. The standard InChI is InChI=1S/C6H5BO4/c8-5(9)3-1-2-7-4(3)6(10)11/h1-2,7H,(H,8,9)(H,10,11). The van der Waals surface area contributed by atoms with Crippen LogP contribution in [0.1, 0.15) is 0 Å². The van der Waals surface area contributed by atoms with Crippen LogP contribution in [0.4, 0.5) is 0 Å². The van der Waals surface area contributed by atoms with Crippen molar-refractivity contribution in [2.45, 2.75) is 0 Å². The lowest BCUT2D eigenvalue weighted by molar-refractivity contribution is -0.135. The number of aliphatic carboxylic acids is 2. The van der Waals surface area contributed by atoms with Crippen molar-refractivity contribution in [2.75, 3.05) is 0 Å². The zero-order chi connectivity index (χ0) is 8.43. The van der Waals surface area contributed by atoms with Crippen LogP contribution in [0.5, 0.6) is 0 Å². The first-order valence-corrected chi connectivity index (χ1v) is 2.99. The Morgan fingerprint density at radius 2 is 1.91 bits per heavy atom. The van der Waals surface area contributed by atoms with E-state index < -0.39 is 11.9 Å². The molecule has 0 aromatic carbocycles. The molecule has 1 aliphatic heterocycles. The van der Waals surface area contributed by atoms with Crippen molar-refractivity contribution in [3.63, 3.8) is 0 Å². The van der Waals surface area contributed by atoms with E-state index in [1.165, 1.54) is 12.1 Å². The van der Waals surface area contributed by atoms with E-state index >= 15 is 0 Å². The van der Waals surface area contributed by atoms with Gasteiger partial charge in [-0.05, 0) is 0 Å². The van der Waals surface area contributed by atoms with Crippen LogP contribution in [0, 0.1) is 0 Å². The molecule has 0 atom stereocenters. The number of carboxylic acids is 2. The van der Waals surface area contributed by atoms with Crippen LogP contribution in [0.25, 0.3) is 0 Å². The Morgan fingerprint density at radius 1 is 1.27 bits per heavy atom. The quantitative estimate of drug-likeness (QED) is 0.516. The Morgan fingerprint density at radius 3 is 2.27 bits per heavy atom. The van der Waals surface area contributed by atoms with Gasteiger partial charge in [-0.2, -0.15) is 0 Å². The van der Waals surface area contributed by atoms with Gasteiger partial charge in [0.05, 0.1) is 5.57 Å². The lowest BCUT2D eigenvalue weighted by Gasteiger charge is -1.94. The van der Waals surface area contributed by atoms with Crippen LogP contribution in [0.3, 0.4) is 0 Å². The molecule has 0 spiro atoms. The summed E-state index contributed by atoms with van der Waals surface area (Å²) in [7, 11) is 0.205. The van der Waals surface area contributed by atoms with Crippen LogP contribution in [-0.4, -0.2) is 29.4 Å². The van der Waals surface area contributed by atoms with E-state index in [4.69, 9.17) is 10.2 Å². The molecule has 0 radical (unpaired) electrons. The van der Waals surface area contributed by atoms with Gasteiger partial charge in [-0.3, -0.25) is 0 Å². The average Bonchev–Trinajstić information content (AvgIpc) is 2.32. The van der Waals surface area contributed by atoms with E-state index in [-0.39, 0.29) is 18.3 Å². The number of hydrogen-bond donors (Lipinski definition) is 2. The Kier molecular flexibility index (Phi) is 1.80. The lowest BCUT2D eigenvalue weighted by atomic mass is 9.72. The molecule has 0 saturated carbocycles. The van der Waals surface area contributed by atoms with Gasteiger partial charge in [0.1, 0.15) is 0 Å². The second-order valence-corrected chi connectivity index (χ2v) is 2.11. The van der Waals surface area contributed by atoms with Crippen molar-refractivity contribution < 1.29 is 19.8 Å². The van der Waals surface area contributed by atoms with Gasteiger partial charge < -0.3 is 10.2 Å². The van der Waals surface area contributed by atoms with Gasteiger partial charge in [0.15, 0.2) is 7.28 Å². The highest BCUT2D eigenvalue weighted by atomic mass is 16.4. The molecule has 0 amide bonds. The molecule has 0 unspecified atom stereocenters. The smallest absolute Gasteiger partial charge is 0.335 e. The summed E-state index contributed by atoms with van der Waals surface area (Å²) >= 11 is 0. The number of carbonyl (C=O) groups is 2. The van der Waals surface area contributed by atoms with E-state index in [0.29, 0.717) is 0 Å². The van der Waals surface area contributed by atoms with Crippen molar-refractivity contribution in [1.29, 1.82) is 0 Å². The van der Waals surface area contributed by atoms with Crippen LogP contribution in [0.15, 0.2) is 23.1 Å². The summed E-state index contributed by atoms with van der Waals surface area (Å²) in [5.74, 6) is -0.823. The largest absolute Gasteiger partial charge is 0.478 e. The number of rotatable bonds is 2. The molecule has 2 N–H and O–H groups in total. The third kappa shape index (κ3) is 1.31. The Labute approximate surface area is 63.1 Å². The molecule has 11 heavy (non-hydrogen) atoms. The van der Waals surface area contributed by atoms with Gasteiger partial charge in [-0.15, -0.1) is 5.98 Å². The fraction of sp³-hybridized carbons (Fsp3) is 0. The van der Waals surface area contributed by atoms with Gasteiger partial charge in [0.25, 0.3) is 0 Å². The maximum atomic E-state index is 10.4. The molecular formula is C6H5BO4. The first-order chi connectivity index (χ1) is 5.13. The van der Waals surface area contributed by atoms with E-state index in [0.717, 1.165) is 0 Å². The molecule has 0 aromatic heterocycles. The molecule has 1 rings (SSSR count). The fourth-order valence-electron chi connectivity index (χ4n) is 0.908. The first kappa shape index (κ1) is 7.59. The van der Waals surface area contributed by atoms with E-state index in [1.807, 2.05) is 0 Å². The summed E-state index contributed by atoms with van der Waals surface area (Å²) < 4.78 is 0. The molecule has 1 aliphatic rings. The van der Waals surface area contributed by atoms with Crippen LogP contribution in [-0.2, 0) is 9.59 Å². The van der Waals surface area contributed by atoms with E-state index in [1.54, 1.807) is 0 Å². The third-order valence-corrected chi connectivity index (χ3v) is 1.42. The topological polar surface area (TPSA) is 74.6 Å². The predicted molar refractivity (Wildman–Crippen MR) is 38.6 cm³/mol. The highest BCUT2D eigenvalue weighted by Gasteiger charge is 2.20. The van der Waals surface area contributed by atoms with Gasteiger partial charge in [0, 0.05) is 5.47 Å². The Hall–Kier alpha value is -1.52. The molecule has 0 aliphatic carbocycles. The minimum absolute atomic E-state index is 0.0440. The summed E-state index contributed by atoms with van der Waals surface area (Å²) in [5.41, 5.74) is -0.157. The van der Waals surface area contributed by atoms with Gasteiger partial charge in [-0.25, -0.2) is 9.59 Å². The average molecular weight is 152 g/mol. The molecule has 5 heteroatoms. The van der Waals surface area contributed by atoms with Crippen molar-refractivity contribution in [1.82, 2.24) is 0 Å². The summed E-state index contributed by atoms with van der Waals surface area (Å²) in [6, 6.07) is 0. The zero-order valence-electron chi connectivity index (χ0n) is 5.57. The normalized spacial score (nSPS) is 14.9. The number of hydrogen-bond acceptors (Lipinski definition) is 2. The molecule has 56 valence electrons. The van der Waals surface area contributed by atoms with Gasteiger partial charge >= 0.3 is 11.9 Å². The molecule has 4 nitrogen and oxygen atoms in total. The van der Waals surface area contributed by atoms with Gasteiger partial charge in [0.2, 0.25) is 0 Å². The van der Waals surface area contributed by atoms with Gasteiger partial charge in [-0.1, -0.05) is 6.08 Å². The Balaban J connectivity index is 3.02. The van der Waals surface area contributed by atoms with Crippen LogP contribution in [0.2, 0.25) is 0 Å². The second-order valence-electron chi connectivity index (χ2n) is 2.11. The highest BCUT2D eigenvalue weighted by Crippen LogP contribution is 2.12. The first-order valence-electron chi connectivity index (χ1n) is 2.99. The summed E-state index contributed by atoms with van der Waals surface area (Å²) in [4.78, 5) is 20.7. The molecular weight excluding hydrogens is 147 g/mol.